The molecule has 0 bridgehead atoms. The number of nitrogens with one attached hydrogen (secondary N) is 1. The second-order valence-corrected chi connectivity index (χ2v) is 4.33. The smallest absolute Gasteiger partial charge is 0.364 e. The zero-order chi connectivity index (χ0) is 14.8. The van der Waals surface area contributed by atoms with E-state index in [2.05, 4.69) is 10.3 Å². The minimum absolute atomic E-state index is 0.0941. The van der Waals surface area contributed by atoms with E-state index in [9.17, 15) is 17.6 Å². The van der Waals surface area contributed by atoms with E-state index in [1.165, 1.54) is 24.3 Å². The first-order valence-corrected chi connectivity index (χ1v) is 5.92. The van der Waals surface area contributed by atoms with Crippen molar-refractivity contribution in [3.8, 4) is 0 Å². The number of hydrogen-bond acceptors (Lipinski definition) is 2. The highest BCUT2D eigenvalue weighted by Crippen LogP contribution is 2.28. The SMILES string of the molecule is CC(Nc1cccc(C(F)(F)F)n1)c1cccc(F)c1. The van der Waals surface area contributed by atoms with E-state index in [0.717, 1.165) is 6.07 Å². The second-order valence-electron chi connectivity index (χ2n) is 4.33. The van der Waals surface area contributed by atoms with Gasteiger partial charge < -0.3 is 5.32 Å². The van der Waals surface area contributed by atoms with Gasteiger partial charge in [-0.15, -0.1) is 0 Å². The molecule has 0 fully saturated rings. The highest BCUT2D eigenvalue weighted by Gasteiger charge is 2.32. The summed E-state index contributed by atoms with van der Waals surface area (Å²) in [6, 6.07) is 9.11. The Morgan fingerprint density at radius 2 is 1.80 bits per heavy atom. The summed E-state index contributed by atoms with van der Waals surface area (Å²) in [5.41, 5.74) is -0.335. The average molecular weight is 284 g/mol. The Bertz CT molecular complexity index is 596. The molecule has 2 rings (SSSR count). The molecular formula is C14H12F4N2. The third-order valence-corrected chi connectivity index (χ3v) is 2.75. The monoisotopic (exact) mass is 284 g/mol. The number of halogens is 4. The van der Waals surface area contributed by atoms with Gasteiger partial charge in [-0.2, -0.15) is 13.2 Å². The van der Waals surface area contributed by atoms with Gasteiger partial charge >= 0.3 is 6.18 Å². The predicted octanol–water partition coefficient (Wildman–Crippen LogP) is 4.41. The molecule has 106 valence electrons. The Labute approximate surface area is 113 Å². The van der Waals surface area contributed by atoms with Crippen molar-refractivity contribution >= 4 is 5.82 Å². The summed E-state index contributed by atoms with van der Waals surface area (Å²) in [6.45, 7) is 1.72. The predicted molar refractivity (Wildman–Crippen MR) is 67.7 cm³/mol. The Kier molecular flexibility index (Phi) is 3.92. The van der Waals surface area contributed by atoms with Crippen molar-refractivity contribution < 1.29 is 17.6 Å². The zero-order valence-corrected chi connectivity index (χ0v) is 10.6. The quantitative estimate of drug-likeness (QED) is 0.844. The zero-order valence-electron chi connectivity index (χ0n) is 10.6. The molecule has 0 aliphatic heterocycles. The topological polar surface area (TPSA) is 24.9 Å². The standard InChI is InChI=1S/C14H12F4N2/c1-9(10-4-2-5-11(15)8-10)19-13-7-3-6-12(20-13)14(16,17)18/h2-9H,1H3,(H,19,20). The number of pyridine rings is 1. The number of nitrogens with zero attached hydrogens (tertiary/aromatic N) is 1. The van der Waals surface area contributed by atoms with Gasteiger partial charge in [0.2, 0.25) is 0 Å². The van der Waals surface area contributed by atoms with E-state index in [0.29, 0.717) is 5.56 Å². The van der Waals surface area contributed by atoms with Crippen LogP contribution in [0.4, 0.5) is 23.4 Å². The van der Waals surface area contributed by atoms with Crippen LogP contribution in [0.25, 0.3) is 0 Å². The highest BCUT2D eigenvalue weighted by atomic mass is 19.4. The maximum Gasteiger partial charge on any atom is 0.433 e. The van der Waals surface area contributed by atoms with Crippen LogP contribution < -0.4 is 5.32 Å². The van der Waals surface area contributed by atoms with Crippen LogP contribution in [0.1, 0.15) is 24.2 Å². The minimum atomic E-state index is -4.49. The molecule has 0 spiro atoms. The molecule has 1 N–H and O–H groups in total. The van der Waals surface area contributed by atoms with Crippen molar-refractivity contribution in [1.29, 1.82) is 0 Å². The van der Waals surface area contributed by atoms with Crippen molar-refractivity contribution in [3.05, 3.63) is 59.5 Å². The Morgan fingerprint density at radius 3 is 2.45 bits per heavy atom. The number of anilines is 1. The average Bonchev–Trinajstić information content (AvgIpc) is 2.38. The molecule has 2 aromatic rings. The van der Waals surface area contributed by atoms with Crippen LogP contribution >= 0.6 is 0 Å². The summed E-state index contributed by atoms with van der Waals surface area (Å²) in [5.74, 6) is -0.301. The Morgan fingerprint density at radius 1 is 1.10 bits per heavy atom. The van der Waals surface area contributed by atoms with E-state index in [4.69, 9.17) is 0 Å². The molecule has 20 heavy (non-hydrogen) atoms. The van der Waals surface area contributed by atoms with Crippen molar-refractivity contribution in [2.24, 2.45) is 0 Å². The number of rotatable bonds is 3. The van der Waals surface area contributed by atoms with Crippen molar-refractivity contribution in [2.45, 2.75) is 19.1 Å². The van der Waals surface area contributed by atoms with Crippen LogP contribution in [-0.4, -0.2) is 4.98 Å². The van der Waals surface area contributed by atoms with Gasteiger partial charge in [0.05, 0.1) is 6.04 Å². The lowest BCUT2D eigenvalue weighted by molar-refractivity contribution is -0.141. The molecule has 1 atom stereocenters. The molecule has 1 aromatic heterocycles. The largest absolute Gasteiger partial charge is 0.433 e. The van der Waals surface area contributed by atoms with Gasteiger partial charge in [-0.3, -0.25) is 0 Å². The van der Waals surface area contributed by atoms with Crippen LogP contribution in [0.5, 0.6) is 0 Å². The van der Waals surface area contributed by atoms with Crippen LogP contribution in [0, 0.1) is 5.82 Å². The molecule has 1 unspecified atom stereocenters. The summed E-state index contributed by atoms with van der Waals surface area (Å²) in [4.78, 5) is 3.50. The Hall–Kier alpha value is -2.11. The molecule has 0 saturated heterocycles. The number of hydrogen-bond donors (Lipinski definition) is 1. The second kappa shape index (κ2) is 5.48. The van der Waals surface area contributed by atoms with Crippen molar-refractivity contribution in [1.82, 2.24) is 4.98 Å². The third kappa shape index (κ3) is 3.46. The third-order valence-electron chi connectivity index (χ3n) is 2.75. The van der Waals surface area contributed by atoms with Gasteiger partial charge in [0, 0.05) is 0 Å². The molecule has 0 saturated carbocycles. The fourth-order valence-corrected chi connectivity index (χ4v) is 1.75. The van der Waals surface area contributed by atoms with Gasteiger partial charge in [0.15, 0.2) is 0 Å². The van der Waals surface area contributed by atoms with E-state index < -0.39 is 17.7 Å². The van der Waals surface area contributed by atoms with E-state index in [-0.39, 0.29) is 11.9 Å². The van der Waals surface area contributed by atoms with Gasteiger partial charge in [0.1, 0.15) is 17.3 Å². The molecular weight excluding hydrogens is 272 g/mol. The maximum atomic E-state index is 13.1. The molecule has 0 aliphatic carbocycles. The molecule has 0 radical (unpaired) electrons. The normalized spacial score (nSPS) is 13.1. The van der Waals surface area contributed by atoms with Gasteiger partial charge in [-0.05, 0) is 36.8 Å². The first-order valence-electron chi connectivity index (χ1n) is 5.92. The summed E-state index contributed by atoms with van der Waals surface area (Å²) >= 11 is 0. The van der Waals surface area contributed by atoms with Crippen LogP contribution in [0.15, 0.2) is 42.5 Å². The van der Waals surface area contributed by atoms with Crippen LogP contribution in [0.2, 0.25) is 0 Å². The van der Waals surface area contributed by atoms with Gasteiger partial charge in [-0.1, -0.05) is 18.2 Å². The fourth-order valence-electron chi connectivity index (χ4n) is 1.75. The fraction of sp³-hybridized carbons (Fsp3) is 0.214. The van der Waals surface area contributed by atoms with E-state index >= 15 is 0 Å². The number of alkyl halides is 3. The molecule has 0 amide bonds. The first kappa shape index (κ1) is 14.3. The summed E-state index contributed by atoms with van der Waals surface area (Å²) < 4.78 is 50.7. The lowest BCUT2D eigenvalue weighted by Crippen LogP contribution is -2.12. The summed E-state index contributed by atoms with van der Waals surface area (Å²) in [6.07, 6.45) is -4.49. The number of aromatic nitrogens is 1. The minimum Gasteiger partial charge on any atom is -0.364 e. The van der Waals surface area contributed by atoms with Crippen LogP contribution in [0.3, 0.4) is 0 Å². The van der Waals surface area contributed by atoms with Gasteiger partial charge in [0.25, 0.3) is 0 Å². The highest BCUT2D eigenvalue weighted by molar-refractivity contribution is 5.39. The maximum absolute atomic E-state index is 13.1. The molecule has 0 aliphatic rings. The molecule has 1 heterocycles. The first-order chi connectivity index (χ1) is 9.36. The lowest BCUT2D eigenvalue weighted by atomic mass is 10.1. The number of benzene rings is 1. The van der Waals surface area contributed by atoms with E-state index in [1.807, 2.05) is 0 Å². The molecule has 1 aromatic carbocycles. The summed E-state index contributed by atoms with van der Waals surface area (Å²) in [7, 11) is 0. The van der Waals surface area contributed by atoms with Crippen molar-refractivity contribution in [2.75, 3.05) is 5.32 Å². The van der Waals surface area contributed by atoms with Gasteiger partial charge in [-0.25, -0.2) is 9.37 Å². The molecule has 2 nitrogen and oxygen atoms in total. The van der Waals surface area contributed by atoms with Crippen molar-refractivity contribution in [3.63, 3.8) is 0 Å². The summed E-state index contributed by atoms with van der Waals surface area (Å²) in [5, 5.41) is 2.82. The lowest BCUT2D eigenvalue weighted by Gasteiger charge is -2.16. The van der Waals surface area contributed by atoms with Crippen LogP contribution in [-0.2, 0) is 6.18 Å². The van der Waals surface area contributed by atoms with E-state index in [1.54, 1.807) is 19.1 Å². The molecule has 6 heteroatoms. The Balaban J connectivity index is 2.18.